The van der Waals surface area contributed by atoms with E-state index in [0.29, 0.717) is 38.8 Å². The summed E-state index contributed by atoms with van der Waals surface area (Å²) in [5, 5.41) is 11.7. The first-order valence-corrected chi connectivity index (χ1v) is 15.5. The maximum absolute atomic E-state index is 13.3. The van der Waals surface area contributed by atoms with Crippen LogP contribution in [0, 0.1) is 0 Å². The van der Waals surface area contributed by atoms with Crippen molar-refractivity contribution in [3.8, 4) is 0 Å². The molecule has 14 heteroatoms. The van der Waals surface area contributed by atoms with Gasteiger partial charge in [0.05, 0.1) is 17.5 Å². The topological polar surface area (TPSA) is 98.2 Å². The third-order valence-corrected chi connectivity index (χ3v) is 11.6. The molecule has 2 aromatic rings. The molecule has 0 amide bonds. The van der Waals surface area contributed by atoms with Crippen molar-refractivity contribution in [2.75, 3.05) is 55.7 Å². The molecular formula is C22H28F3N3O5S3. The van der Waals surface area contributed by atoms with E-state index in [1.165, 1.54) is 28.6 Å². The molecule has 8 nitrogen and oxygen atoms in total. The molecule has 0 saturated carbocycles. The van der Waals surface area contributed by atoms with Crippen molar-refractivity contribution in [2.24, 2.45) is 0 Å². The molecule has 1 aromatic heterocycles. The van der Waals surface area contributed by atoms with Crippen molar-refractivity contribution in [1.82, 2.24) is 9.21 Å². The minimum absolute atomic E-state index is 0.0259. The normalized spacial score (nSPS) is 23.9. The Bertz CT molecular complexity index is 1250. The second-order valence-corrected chi connectivity index (χ2v) is 14.6. The fourth-order valence-electron chi connectivity index (χ4n) is 4.45. The number of rotatable bonds is 6. The predicted octanol–water partition coefficient (Wildman–Crippen LogP) is 2.13. The molecule has 0 radical (unpaired) electrons. The summed E-state index contributed by atoms with van der Waals surface area (Å²) in [4.78, 5) is 3.92. The zero-order valence-corrected chi connectivity index (χ0v) is 22.0. The molecule has 2 atom stereocenters. The zero-order chi connectivity index (χ0) is 26.4. The van der Waals surface area contributed by atoms with E-state index < -0.39 is 31.6 Å². The lowest BCUT2D eigenvalue weighted by atomic mass is 9.95. The molecule has 2 saturated heterocycles. The highest BCUT2D eigenvalue weighted by Crippen LogP contribution is 2.39. The van der Waals surface area contributed by atoms with Crippen LogP contribution in [-0.2, 0) is 25.5 Å². The minimum atomic E-state index is -4.84. The van der Waals surface area contributed by atoms with Crippen LogP contribution < -0.4 is 4.90 Å². The molecule has 1 N–H and O–H groups in total. The van der Waals surface area contributed by atoms with Gasteiger partial charge in [-0.25, -0.2) is 16.8 Å². The van der Waals surface area contributed by atoms with E-state index >= 15 is 0 Å². The van der Waals surface area contributed by atoms with Gasteiger partial charge in [0.25, 0.3) is 10.0 Å². The SMILES string of the molecule is C[C@](O)(c1ccc(N2CCN(S(=O)(=O)c3cccs3)C[C@@H]2CN2CCS(=O)(=O)CC2)cc1)C(F)(F)F. The van der Waals surface area contributed by atoms with Crippen molar-refractivity contribution < 1.29 is 35.1 Å². The average molecular weight is 568 g/mol. The number of nitrogens with zero attached hydrogens (tertiary/aromatic N) is 3. The van der Waals surface area contributed by atoms with Gasteiger partial charge in [0.15, 0.2) is 15.4 Å². The predicted molar refractivity (Wildman–Crippen MR) is 131 cm³/mol. The summed E-state index contributed by atoms with van der Waals surface area (Å²) in [6, 6.07) is 8.28. The van der Waals surface area contributed by atoms with Crippen LogP contribution in [-0.4, -0.2) is 94.1 Å². The Morgan fingerprint density at radius 2 is 1.69 bits per heavy atom. The van der Waals surface area contributed by atoms with Crippen molar-refractivity contribution in [3.05, 3.63) is 47.3 Å². The molecule has 36 heavy (non-hydrogen) atoms. The lowest BCUT2D eigenvalue weighted by Crippen LogP contribution is -2.59. The van der Waals surface area contributed by atoms with Crippen LogP contribution in [0.2, 0.25) is 0 Å². The van der Waals surface area contributed by atoms with Gasteiger partial charge in [-0.05, 0) is 36.1 Å². The van der Waals surface area contributed by atoms with Gasteiger partial charge < -0.3 is 10.0 Å². The molecule has 0 bridgehead atoms. The van der Waals surface area contributed by atoms with Gasteiger partial charge in [-0.2, -0.15) is 17.5 Å². The molecule has 3 heterocycles. The Kier molecular flexibility index (Phi) is 7.50. The number of sulfonamides is 1. The average Bonchev–Trinajstić information content (AvgIpc) is 3.36. The van der Waals surface area contributed by atoms with Crippen LogP contribution in [0.25, 0.3) is 0 Å². The van der Waals surface area contributed by atoms with Crippen molar-refractivity contribution in [2.45, 2.75) is 29.0 Å². The summed E-state index contributed by atoms with van der Waals surface area (Å²) < 4.78 is 91.4. The first kappa shape index (κ1) is 27.3. The van der Waals surface area contributed by atoms with Gasteiger partial charge in [-0.15, -0.1) is 11.3 Å². The Morgan fingerprint density at radius 3 is 2.25 bits per heavy atom. The molecular weight excluding hydrogens is 539 g/mol. The summed E-state index contributed by atoms with van der Waals surface area (Å²) >= 11 is 1.13. The molecule has 2 aliphatic rings. The molecule has 4 rings (SSSR count). The molecule has 200 valence electrons. The number of anilines is 1. The Balaban J connectivity index is 1.59. The van der Waals surface area contributed by atoms with E-state index in [1.807, 2.05) is 9.80 Å². The lowest BCUT2D eigenvalue weighted by molar-refractivity contribution is -0.258. The van der Waals surface area contributed by atoms with E-state index in [2.05, 4.69) is 0 Å². The molecule has 1 aromatic carbocycles. The van der Waals surface area contributed by atoms with Gasteiger partial charge >= 0.3 is 6.18 Å². The Hall–Kier alpha value is -1.71. The van der Waals surface area contributed by atoms with Gasteiger partial charge in [0.2, 0.25) is 0 Å². The van der Waals surface area contributed by atoms with Crippen LogP contribution in [0.5, 0.6) is 0 Å². The van der Waals surface area contributed by atoms with Crippen LogP contribution in [0.4, 0.5) is 18.9 Å². The summed E-state index contributed by atoms with van der Waals surface area (Å²) in [5.41, 5.74) is -2.70. The van der Waals surface area contributed by atoms with E-state index in [-0.39, 0.29) is 40.4 Å². The first-order valence-electron chi connectivity index (χ1n) is 11.3. The smallest absolute Gasteiger partial charge is 0.376 e. The fourth-order valence-corrected chi connectivity index (χ4v) is 8.34. The fraction of sp³-hybridized carbons (Fsp3) is 0.545. The monoisotopic (exact) mass is 567 g/mol. The third-order valence-electron chi connectivity index (χ3n) is 6.75. The van der Waals surface area contributed by atoms with Crippen LogP contribution >= 0.6 is 11.3 Å². The first-order chi connectivity index (χ1) is 16.7. The lowest BCUT2D eigenvalue weighted by Gasteiger charge is -2.44. The summed E-state index contributed by atoms with van der Waals surface area (Å²) in [7, 11) is -6.80. The van der Waals surface area contributed by atoms with Crippen LogP contribution in [0.15, 0.2) is 46.0 Å². The summed E-state index contributed by atoms with van der Waals surface area (Å²) in [5.74, 6) is 0.0519. The number of aliphatic hydroxyl groups is 1. The van der Waals surface area contributed by atoms with Crippen molar-refractivity contribution in [1.29, 1.82) is 0 Å². The van der Waals surface area contributed by atoms with Gasteiger partial charge in [-0.3, -0.25) is 4.90 Å². The largest absolute Gasteiger partial charge is 0.421 e. The summed E-state index contributed by atoms with van der Waals surface area (Å²) in [6.07, 6.45) is -4.84. The number of piperazine rings is 1. The maximum atomic E-state index is 13.3. The van der Waals surface area contributed by atoms with Crippen molar-refractivity contribution >= 4 is 36.9 Å². The maximum Gasteiger partial charge on any atom is 0.421 e. The van der Waals surface area contributed by atoms with Gasteiger partial charge in [-0.1, -0.05) is 18.2 Å². The highest BCUT2D eigenvalue weighted by atomic mass is 32.2. The third kappa shape index (κ3) is 5.58. The number of alkyl halides is 3. The number of benzene rings is 1. The van der Waals surface area contributed by atoms with Crippen molar-refractivity contribution in [3.63, 3.8) is 0 Å². The highest BCUT2D eigenvalue weighted by Gasteiger charge is 2.51. The second-order valence-electron chi connectivity index (χ2n) is 9.21. The highest BCUT2D eigenvalue weighted by molar-refractivity contribution is 7.91. The summed E-state index contributed by atoms with van der Waals surface area (Å²) in [6.45, 7) is 2.39. The van der Waals surface area contributed by atoms with E-state index in [9.17, 15) is 35.1 Å². The molecule has 2 fully saturated rings. The zero-order valence-electron chi connectivity index (χ0n) is 19.6. The molecule has 0 spiro atoms. The molecule has 0 aliphatic carbocycles. The standard InChI is InChI=1S/C22H28F3N3O5S3/c1-21(29,22(23,24)25)17-4-6-18(7-5-17)28-9-8-27(36(32,33)20-3-2-12-34-20)16-19(28)15-26-10-13-35(30,31)14-11-26/h2-7,12,19,29H,8-11,13-16H2,1H3/t19-,21-/m0/s1. The number of thiophene rings is 1. The second kappa shape index (κ2) is 9.87. The van der Waals surface area contributed by atoms with Crippen LogP contribution in [0.3, 0.4) is 0 Å². The number of hydrogen-bond acceptors (Lipinski definition) is 8. The quantitative estimate of drug-likeness (QED) is 0.571. The molecule has 0 unspecified atom stereocenters. The van der Waals surface area contributed by atoms with E-state index in [0.717, 1.165) is 11.3 Å². The van der Waals surface area contributed by atoms with Crippen LogP contribution in [0.1, 0.15) is 12.5 Å². The number of hydrogen-bond donors (Lipinski definition) is 1. The number of halogens is 3. The van der Waals surface area contributed by atoms with E-state index in [4.69, 9.17) is 0 Å². The number of sulfone groups is 1. The Morgan fingerprint density at radius 1 is 1.06 bits per heavy atom. The minimum Gasteiger partial charge on any atom is -0.376 e. The molecule has 2 aliphatic heterocycles. The van der Waals surface area contributed by atoms with E-state index in [1.54, 1.807) is 17.5 Å². The Labute approximate surface area is 212 Å². The van der Waals surface area contributed by atoms with Gasteiger partial charge in [0.1, 0.15) is 4.21 Å². The van der Waals surface area contributed by atoms with Gasteiger partial charge in [0, 0.05) is 45.0 Å².